The first-order valence-corrected chi connectivity index (χ1v) is 11.2. The Bertz CT molecular complexity index is 998. The highest BCUT2D eigenvalue weighted by molar-refractivity contribution is 7.89. The lowest BCUT2D eigenvalue weighted by molar-refractivity contribution is -0.115. The zero-order valence-electron chi connectivity index (χ0n) is 16.3. The normalized spacial score (nSPS) is 14.9. The summed E-state index contributed by atoms with van der Waals surface area (Å²) in [5, 5.41) is 5.45. The maximum Gasteiger partial charge on any atom is 0.255 e. The number of sulfonamides is 1. The van der Waals surface area contributed by atoms with Crippen molar-refractivity contribution in [3.05, 3.63) is 54.1 Å². The molecule has 1 heterocycles. The Morgan fingerprint density at radius 3 is 2.28 bits per heavy atom. The smallest absolute Gasteiger partial charge is 0.255 e. The van der Waals surface area contributed by atoms with Crippen molar-refractivity contribution >= 4 is 33.2 Å². The van der Waals surface area contributed by atoms with Gasteiger partial charge in [0.05, 0.1) is 4.90 Å². The Morgan fingerprint density at radius 1 is 0.931 bits per heavy atom. The third-order valence-corrected chi connectivity index (χ3v) is 6.67. The highest BCUT2D eigenvalue weighted by atomic mass is 32.2. The summed E-state index contributed by atoms with van der Waals surface area (Å²) in [6.07, 6.45) is 3.11. The third-order valence-electron chi connectivity index (χ3n) is 4.77. The van der Waals surface area contributed by atoms with Gasteiger partial charge in [0.1, 0.15) is 0 Å². The molecule has 1 saturated heterocycles. The van der Waals surface area contributed by atoms with Crippen molar-refractivity contribution in [3.63, 3.8) is 0 Å². The molecule has 0 spiro atoms. The zero-order chi connectivity index (χ0) is 20.9. The van der Waals surface area contributed by atoms with E-state index in [4.69, 9.17) is 0 Å². The van der Waals surface area contributed by atoms with E-state index in [9.17, 15) is 18.0 Å². The molecule has 0 aromatic heterocycles. The van der Waals surface area contributed by atoms with Crippen molar-refractivity contribution in [2.24, 2.45) is 0 Å². The van der Waals surface area contributed by atoms with E-state index >= 15 is 0 Å². The summed E-state index contributed by atoms with van der Waals surface area (Å²) >= 11 is 0. The lowest BCUT2D eigenvalue weighted by Gasteiger charge is -2.26. The van der Waals surface area contributed by atoms with Crippen molar-refractivity contribution < 1.29 is 18.0 Å². The molecule has 0 aliphatic carbocycles. The number of carbonyl (C=O) groups is 2. The molecule has 0 atom stereocenters. The fourth-order valence-corrected chi connectivity index (χ4v) is 4.74. The first-order chi connectivity index (χ1) is 13.9. The van der Waals surface area contributed by atoms with E-state index in [1.165, 1.54) is 10.4 Å². The standard InChI is InChI=1S/C21H25N3O4S/c1-2-20(25)22-17-9-6-8-16(14-17)21(26)23-18-10-7-11-19(15-18)29(27,28)24-12-4-3-5-13-24/h6-11,14-15H,2-5,12-13H2,1H3,(H,22,25)(H,23,26). The van der Waals surface area contributed by atoms with E-state index in [0.717, 1.165) is 19.3 Å². The van der Waals surface area contributed by atoms with Crippen molar-refractivity contribution in [3.8, 4) is 0 Å². The van der Waals surface area contributed by atoms with Crippen LogP contribution in [0.15, 0.2) is 53.4 Å². The van der Waals surface area contributed by atoms with Gasteiger partial charge in [-0.15, -0.1) is 0 Å². The summed E-state index contributed by atoms with van der Waals surface area (Å²) in [5.41, 5.74) is 1.30. The SMILES string of the molecule is CCC(=O)Nc1cccc(C(=O)Nc2cccc(S(=O)(=O)N3CCCCC3)c2)c1. The van der Waals surface area contributed by atoms with E-state index in [1.54, 1.807) is 49.4 Å². The van der Waals surface area contributed by atoms with Crippen molar-refractivity contribution in [1.82, 2.24) is 4.31 Å². The molecule has 1 aliphatic rings. The Labute approximate surface area is 171 Å². The summed E-state index contributed by atoms with van der Waals surface area (Å²) in [6.45, 7) is 2.79. The Morgan fingerprint density at radius 2 is 1.59 bits per heavy atom. The van der Waals surface area contributed by atoms with Gasteiger partial charge in [-0.3, -0.25) is 9.59 Å². The molecular formula is C21H25N3O4S. The van der Waals surface area contributed by atoms with Crippen molar-refractivity contribution in [2.75, 3.05) is 23.7 Å². The van der Waals surface area contributed by atoms with Crippen LogP contribution in [0.4, 0.5) is 11.4 Å². The molecule has 0 unspecified atom stereocenters. The second-order valence-electron chi connectivity index (χ2n) is 6.93. The summed E-state index contributed by atoms with van der Waals surface area (Å²) < 4.78 is 27.2. The molecule has 2 aromatic rings. The van der Waals surface area contributed by atoms with Gasteiger partial charge in [0, 0.05) is 36.4 Å². The van der Waals surface area contributed by atoms with Gasteiger partial charge in [-0.2, -0.15) is 4.31 Å². The fraction of sp³-hybridized carbons (Fsp3) is 0.333. The van der Waals surface area contributed by atoms with Gasteiger partial charge >= 0.3 is 0 Å². The average molecular weight is 416 g/mol. The number of piperidine rings is 1. The van der Waals surface area contributed by atoms with Gasteiger partial charge in [0.25, 0.3) is 5.91 Å². The molecular weight excluding hydrogens is 390 g/mol. The van der Waals surface area contributed by atoms with Crippen LogP contribution in [-0.2, 0) is 14.8 Å². The monoisotopic (exact) mass is 415 g/mol. The van der Waals surface area contributed by atoms with Gasteiger partial charge in [-0.05, 0) is 49.2 Å². The molecule has 0 saturated carbocycles. The summed E-state index contributed by atoms with van der Waals surface area (Å²) in [4.78, 5) is 24.3. The summed E-state index contributed by atoms with van der Waals surface area (Å²) in [5.74, 6) is -0.525. The summed E-state index contributed by atoms with van der Waals surface area (Å²) in [7, 11) is -3.57. The number of anilines is 2. The first-order valence-electron chi connectivity index (χ1n) is 9.71. The largest absolute Gasteiger partial charge is 0.326 e. The summed E-state index contributed by atoms with van der Waals surface area (Å²) in [6, 6.07) is 12.9. The van der Waals surface area contributed by atoms with Gasteiger partial charge in [-0.1, -0.05) is 25.5 Å². The van der Waals surface area contributed by atoms with Crippen LogP contribution in [-0.4, -0.2) is 37.6 Å². The van der Waals surface area contributed by atoms with Gasteiger partial charge in [0.15, 0.2) is 0 Å². The van der Waals surface area contributed by atoms with E-state index in [2.05, 4.69) is 10.6 Å². The van der Waals surface area contributed by atoms with E-state index in [-0.39, 0.29) is 16.7 Å². The Balaban J connectivity index is 1.75. The van der Waals surface area contributed by atoms with E-state index < -0.39 is 10.0 Å². The molecule has 0 bridgehead atoms. The number of benzene rings is 2. The average Bonchev–Trinajstić information content (AvgIpc) is 2.74. The maximum absolute atomic E-state index is 12.8. The molecule has 2 amide bonds. The predicted molar refractivity (Wildman–Crippen MR) is 112 cm³/mol. The van der Waals surface area contributed by atoms with Crippen LogP contribution in [0.25, 0.3) is 0 Å². The number of carbonyl (C=O) groups excluding carboxylic acids is 2. The van der Waals surface area contributed by atoms with E-state index in [0.29, 0.717) is 36.4 Å². The number of hydrogen-bond donors (Lipinski definition) is 2. The van der Waals surface area contributed by atoms with Gasteiger partial charge in [0.2, 0.25) is 15.9 Å². The predicted octanol–water partition coefficient (Wildman–Crippen LogP) is 3.46. The van der Waals surface area contributed by atoms with Crippen molar-refractivity contribution in [1.29, 1.82) is 0 Å². The number of hydrogen-bond acceptors (Lipinski definition) is 4. The lowest BCUT2D eigenvalue weighted by atomic mass is 10.1. The topological polar surface area (TPSA) is 95.6 Å². The van der Waals surface area contributed by atoms with Crippen LogP contribution < -0.4 is 10.6 Å². The molecule has 0 radical (unpaired) electrons. The molecule has 8 heteroatoms. The minimum Gasteiger partial charge on any atom is -0.326 e. The maximum atomic E-state index is 12.8. The van der Waals surface area contributed by atoms with Crippen LogP contribution in [0.2, 0.25) is 0 Å². The minimum atomic E-state index is -3.57. The first kappa shape index (κ1) is 21.0. The van der Waals surface area contributed by atoms with Crippen molar-refractivity contribution in [2.45, 2.75) is 37.5 Å². The molecule has 3 rings (SSSR count). The van der Waals surface area contributed by atoms with Crippen LogP contribution in [0, 0.1) is 0 Å². The van der Waals surface area contributed by atoms with Crippen LogP contribution >= 0.6 is 0 Å². The molecule has 1 aliphatic heterocycles. The number of amides is 2. The molecule has 2 N–H and O–H groups in total. The highest BCUT2D eigenvalue weighted by Crippen LogP contribution is 2.23. The van der Waals surface area contributed by atoms with Gasteiger partial charge < -0.3 is 10.6 Å². The number of nitrogens with zero attached hydrogens (tertiary/aromatic N) is 1. The molecule has 7 nitrogen and oxygen atoms in total. The molecule has 1 fully saturated rings. The number of nitrogens with one attached hydrogen (secondary N) is 2. The Kier molecular flexibility index (Phi) is 6.66. The molecule has 154 valence electrons. The van der Waals surface area contributed by atoms with Crippen LogP contribution in [0.1, 0.15) is 43.0 Å². The minimum absolute atomic E-state index is 0.141. The lowest BCUT2D eigenvalue weighted by Crippen LogP contribution is -2.35. The van der Waals surface area contributed by atoms with Crippen LogP contribution in [0.5, 0.6) is 0 Å². The van der Waals surface area contributed by atoms with Gasteiger partial charge in [-0.25, -0.2) is 8.42 Å². The fourth-order valence-electron chi connectivity index (χ4n) is 3.18. The Hall–Kier alpha value is -2.71. The highest BCUT2D eigenvalue weighted by Gasteiger charge is 2.26. The second kappa shape index (κ2) is 9.19. The number of rotatable bonds is 6. The molecule has 2 aromatic carbocycles. The third kappa shape index (κ3) is 5.21. The quantitative estimate of drug-likeness (QED) is 0.755. The van der Waals surface area contributed by atoms with E-state index in [1.807, 2.05) is 0 Å². The zero-order valence-corrected chi connectivity index (χ0v) is 17.2. The van der Waals surface area contributed by atoms with Crippen LogP contribution in [0.3, 0.4) is 0 Å². The molecule has 29 heavy (non-hydrogen) atoms. The second-order valence-corrected chi connectivity index (χ2v) is 8.87.